The first-order valence-corrected chi connectivity index (χ1v) is 8.35. The summed E-state index contributed by atoms with van der Waals surface area (Å²) >= 11 is 0. The number of nitro groups is 1. The van der Waals surface area contributed by atoms with Gasteiger partial charge in [0.15, 0.2) is 6.61 Å². The molecule has 7 heteroatoms. The van der Waals surface area contributed by atoms with Crippen LogP contribution in [0.4, 0.5) is 11.4 Å². The first kappa shape index (κ1) is 19.8. The summed E-state index contributed by atoms with van der Waals surface area (Å²) in [5.74, 6) is -0.996. The number of hydrogen-bond acceptors (Lipinski definition) is 5. The Hall–Kier alpha value is -3.48. The van der Waals surface area contributed by atoms with Crippen molar-refractivity contribution in [2.24, 2.45) is 0 Å². The van der Waals surface area contributed by atoms with Crippen molar-refractivity contribution in [1.29, 1.82) is 0 Å². The summed E-state index contributed by atoms with van der Waals surface area (Å²) in [6.45, 7) is 3.57. The zero-order chi connectivity index (χ0) is 19.8. The molecule has 0 radical (unpaired) electrons. The molecule has 0 unspecified atom stereocenters. The van der Waals surface area contributed by atoms with E-state index in [1.54, 1.807) is 12.1 Å². The molecular weight excluding hydrogens is 348 g/mol. The standard InChI is InChI=1S/C20H20N2O5/c1-14(2)16-8-4-5-9-17(16)21-19(23)13-27-20(24)12-11-15-7-3-6-10-18(15)22(25)26/h3-12,14H,13H2,1-2H3,(H,21,23)/b12-11+. The Morgan fingerprint density at radius 1 is 1.15 bits per heavy atom. The fourth-order valence-electron chi connectivity index (χ4n) is 2.44. The molecule has 1 N–H and O–H groups in total. The average Bonchev–Trinajstić information content (AvgIpc) is 2.65. The molecular formula is C20H20N2O5. The maximum Gasteiger partial charge on any atom is 0.331 e. The van der Waals surface area contributed by atoms with Gasteiger partial charge in [-0.15, -0.1) is 0 Å². The summed E-state index contributed by atoms with van der Waals surface area (Å²) in [7, 11) is 0. The van der Waals surface area contributed by atoms with Crippen molar-refractivity contribution in [1.82, 2.24) is 0 Å². The van der Waals surface area contributed by atoms with Gasteiger partial charge in [0.1, 0.15) is 0 Å². The molecule has 0 fully saturated rings. The smallest absolute Gasteiger partial charge is 0.331 e. The lowest BCUT2D eigenvalue weighted by Gasteiger charge is -2.13. The van der Waals surface area contributed by atoms with Crippen molar-refractivity contribution in [3.8, 4) is 0 Å². The number of amides is 1. The Bertz CT molecular complexity index is 874. The molecule has 2 aromatic rings. The minimum absolute atomic E-state index is 0.121. The molecule has 1 amide bonds. The molecule has 0 aliphatic carbocycles. The van der Waals surface area contributed by atoms with Crippen molar-refractivity contribution in [3.05, 3.63) is 75.8 Å². The number of para-hydroxylation sites is 2. The van der Waals surface area contributed by atoms with E-state index in [4.69, 9.17) is 4.74 Å². The van der Waals surface area contributed by atoms with Crippen LogP contribution in [0.5, 0.6) is 0 Å². The summed E-state index contributed by atoms with van der Waals surface area (Å²) in [6.07, 6.45) is 2.34. The molecule has 0 aliphatic heterocycles. The molecule has 2 aromatic carbocycles. The number of hydrogen-bond donors (Lipinski definition) is 1. The zero-order valence-corrected chi connectivity index (χ0v) is 15.0. The number of nitrogens with one attached hydrogen (secondary N) is 1. The number of nitrogens with zero attached hydrogens (tertiary/aromatic N) is 1. The van der Waals surface area contributed by atoms with E-state index < -0.39 is 23.4 Å². The number of carbonyl (C=O) groups excluding carboxylic acids is 2. The molecule has 0 spiro atoms. The lowest BCUT2D eigenvalue weighted by atomic mass is 10.0. The monoisotopic (exact) mass is 368 g/mol. The highest BCUT2D eigenvalue weighted by Gasteiger charge is 2.12. The predicted molar refractivity (Wildman–Crippen MR) is 102 cm³/mol. The molecule has 140 valence electrons. The maximum absolute atomic E-state index is 12.0. The van der Waals surface area contributed by atoms with E-state index >= 15 is 0 Å². The van der Waals surface area contributed by atoms with Gasteiger partial charge in [-0.05, 0) is 29.7 Å². The van der Waals surface area contributed by atoms with Gasteiger partial charge in [0.2, 0.25) is 0 Å². The molecule has 0 bridgehead atoms. The topological polar surface area (TPSA) is 98.5 Å². The van der Waals surface area contributed by atoms with E-state index in [1.807, 2.05) is 32.0 Å². The second-order valence-corrected chi connectivity index (χ2v) is 6.05. The van der Waals surface area contributed by atoms with Gasteiger partial charge in [-0.25, -0.2) is 4.79 Å². The third-order valence-electron chi connectivity index (χ3n) is 3.73. The molecule has 27 heavy (non-hydrogen) atoms. The summed E-state index contributed by atoms with van der Waals surface area (Å²) in [4.78, 5) is 34.2. The Morgan fingerprint density at radius 2 is 1.81 bits per heavy atom. The van der Waals surface area contributed by atoms with Crippen LogP contribution in [0.15, 0.2) is 54.6 Å². The van der Waals surface area contributed by atoms with E-state index in [2.05, 4.69) is 5.32 Å². The van der Waals surface area contributed by atoms with Crippen molar-refractivity contribution < 1.29 is 19.2 Å². The fourth-order valence-corrected chi connectivity index (χ4v) is 2.44. The highest BCUT2D eigenvalue weighted by atomic mass is 16.6. The number of nitro benzene ring substituents is 1. The van der Waals surface area contributed by atoms with E-state index in [1.165, 1.54) is 24.3 Å². The fraction of sp³-hybridized carbons (Fsp3) is 0.200. The normalized spacial score (nSPS) is 10.8. The third kappa shape index (κ3) is 5.78. The van der Waals surface area contributed by atoms with Crippen LogP contribution in [0.2, 0.25) is 0 Å². The lowest BCUT2D eigenvalue weighted by molar-refractivity contribution is -0.385. The van der Waals surface area contributed by atoms with Crippen LogP contribution in [-0.2, 0) is 14.3 Å². The molecule has 7 nitrogen and oxygen atoms in total. The van der Waals surface area contributed by atoms with Crippen LogP contribution in [0.3, 0.4) is 0 Å². The Balaban J connectivity index is 1.93. The zero-order valence-electron chi connectivity index (χ0n) is 15.0. The van der Waals surface area contributed by atoms with Crippen LogP contribution in [-0.4, -0.2) is 23.4 Å². The van der Waals surface area contributed by atoms with E-state index in [0.29, 0.717) is 5.69 Å². The van der Waals surface area contributed by atoms with E-state index in [-0.39, 0.29) is 17.2 Å². The Labute approximate surface area is 156 Å². The largest absolute Gasteiger partial charge is 0.452 e. The summed E-state index contributed by atoms with van der Waals surface area (Å²) < 4.78 is 4.89. The van der Waals surface area contributed by atoms with Gasteiger partial charge in [0.05, 0.1) is 10.5 Å². The van der Waals surface area contributed by atoms with Gasteiger partial charge in [-0.2, -0.15) is 0 Å². The molecule has 0 atom stereocenters. The predicted octanol–water partition coefficient (Wildman–Crippen LogP) is 3.91. The first-order valence-electron chi connectivity index (χ1n) is 8.35. The van der Waals surface area contributed by atoms with Crippen molar-refractivity contribution in [2.75, 3.05) is 11.9 Å². The summed E-state index contributed by atoms with van der Waals surface area (Å²) in [6, 6.07) is 13.4. The van der Waals surface area contributed by atoms with Crippen LogP contribution in [0.1, 0.15) is 30.9 Å². The van der Waals surface area contributed by atoms with E-state index in [0.717, 1.165) is 11.6 Å². The number of carbonyl (C=O) groups is 2. The number of rotatable bonds is 7. The molecule has 0 aromatic heterocycles. The van der Waals surface area contributed by atoms with E-state index in [9.17, 15) is 19.7 Å². The van der Waals surface area contributed by atoms with Crippen molar-refractivity contribution in [2.45, 2.75) is 19.8 Å². The second-order valence-electron chi connectivity index (χ2n) is 6.05. The molecule has 0 saturated carbocycles. The highest BCUT2D eigenvalue weighted by molar-refractivity contribution is 5.95. The Kier molecular flexibility index (Phi) is 6.82. The number of esters is 1. The quantitative estimate of drug-likeness (QED) is 0.346. The number of benzene rings is 2. The number of anilines is 1. The van der Waals surface area contributed by atoms with Crippen molar-refractivity contribution >= 4 is 29.3 Å². The molecule has 2 rings (SSSR count). The van der Waals surface area contributed by atoms with Gasteiger partial charge < -0.3 is 10.1 Å². The van der Waals surface area contributed by atoms with Crippen LogP contribution >= 0.6 is 0 Å². The van der Waals surface area contributed by atoms with Gasteiger partial charge in [0.25, 0.3) is 11.6 Å². The van der Waals surface area contributed by atoms with Crippen LogP contribution < -0.4 is 5.32 Å². The minimum atomic E-state index is -0.763. The first-order chi connectivity index (χ1) is 12.9. The van der Waals surface area contributed by atoms with Gasteiger partial charge in [-0.1, -0.05) is 44.2 Å². The number of ether oxygens (including phenoxy) is 1. The lowest BCUT2D eigenvalue weighted by Crippen LogP contribution is -2.21. The molecule has 0 saturated heterocycles. The summed E-state index contributed by atoms with van der Waals surface area (Å²) in [5, 5.41) is 13.6. The summed E-state index contributed by atoms with van der Waals surface area (Å²) in [5.41, 5.74) is 1.80. The minimum Gasteiger partial charge on any atom is -0.452 e. The van der Waals surface area contributed by atoms with Gasteiger partial charge in [0, 0.05) is 17.8 Å². The van der Waals surface area contributed by atoms with Crippen LogP contribution in [0, 0.1) is 10.1 Å². The maximum atomic E-state index is 12.0. The van der Waals surface area contributed by atoms with Gasteiger partial charge in [-0.3, -0.25) is 14.9 Å². The second kappa shape index (κ2) is 9.28. The average molecular weight is 368 g/mol. The SMILES string of the molecule is CC(C)c1ccccc1NC(=O)COC(=O)/C=C/c1ccccc1[N+](=O)[O-]. The molecule has 0 aliphatic rings. The van der Waals surface area contributed by atoms with Crippen LogP contribution in [0.25, 0.3) is 6.08 Å². The molecule has 0 heterocycles. The highest BCUT2D eigenvalue weighted by Crippen LogP contribution is 2.23. The third-order valence-corrected chi connectivity index (χ3v) is 3.73. The van der Waals surface area contributed by atoms with Gasteiger partial charge >= 0.3 is 5.97 Å². The Morgan fingerprint density at radius 3 is 2.52 bits per heavy atom. The van der Waals surface area contributed by atoms with Crippen molar-refractivity contribution in [3.63, 3.8) is 0 Å².